The summed E-state index contributed by atoms with van der Waals surface area (Å²) in [5.74, 6) is 3.91. The van der Waals surface area contributed by atoms with Crippen LogP contribution in [0.3, 0.4) is 0 Å². The first-order valence-corrected chi connectivity index (χ1v) is 6.96. The average Bonchev–Trinajstić information content (AvgIpc) is 3.36. The molecule has 98 valence electrons. The van der Waals surface area contributed by atoms with E-state index in [1.165, 1.54) is 31.4 Å². The largest absolute Gasteiger partial charge is 0.373 e. The van der Waals surface area contributed by atoms with Gasteiger partial charge in [-0.1, -0.05) is 0 Å². The molecule has 0 spiro atoms. The van der Waals surface area contributed by atoms with Crippen LogP contribution in [0.25, 0.3) is 5.82 Å². The van der Waals surface area contributed by atoms with Crippen molar-refractivity contribution in [2.75, 3.05) is 12.4 Å². The van der Waals surface area contributed by atoms with Crippen LogP contribution in [0.2, 0.25) is 0 Å². The van der Waals surface area contributed by atoms with E-state index in [2.05, 4.69) is 26.4 Å². The van der Waals surface area contributed by atoms with Crippen LogP contribution >= 0.6 is 0 Å². The fourth-order valence-corrected chi connectivity index (χ4v) is 2.28. The molecule has 2 heterocycles. The van der Waals surface area contributed by atoms with E-state index in [1.54, 1.807) is 0 Å². The van der Waals surface area contributed by atoms with Crippen LogP contribution < -0.4 is 5.32 Å². The maximum absolute atomic E-state index is 4.66. The van der Waals surface area contributed by atoms with Gasteiger partial charge in [-0.2, -0.15) is 5.10 Å². The van der Waals surface area contributed by atoms with Gasteiger partial charge in [-0.3, -0.25) is 0 Å². The van der Waals surface area contributed by atoms with Gasteiger partial charge in [0.25, 0.3) is 0 Å². The predicted octanol–water partition coefficient (Wildman–Crippen LogP) is 2.46. The van der Waals surface area contributed by atoms with E-state index < -0.39 is 0 Å². The maximum atomic E-state index is 4.66. The summed E-state index contributed by atoms with van der Waals surface area (Å²) in [6, 6.07) is 4.06. The lowest BCUT2D eigenvalue weighted by atomic mass is 10.3. The molecule has 2 fully saturated rings. The monoisotopic (exact) mass is 255 g/mol. The molecule has 2 aliphatic rings. The third-order valence-electron chi connectivity index (χ3n) is 3.77. The Balaban J connectivity index is 1.72. The number of anilines is 1. The second kappa shape index (κ2) is 4.05. The molecule has 2 aromatic rings. The Morgan fingerprint density at radius 3 is 2.63 bits per heavy atom. The molecule has 2 aromatic heterocycles. The molecule has 1 N–H and O–H groups in total. The van der Waals surface area contributed by atoms with Gasteiger partial charge in [-0.25, -0.2) is 14.6 Å². The number of nitrogens with one attached hydrogen (secondary N) is 1. The smallest absolute Gasteiger partial charge is 0.159 e. The second-order valence-corrected chi connectivity index (χ2v) is 5.45. The fourth-order valence-electron chi connectivity index (χ4n) is 2.28. The Labute approximate surface area is 112 Å². The van der Waals surface area contributed by atoms with Crippen molar-refractivity contribution in [2.24, 2.45) is 0 Å². The molecule has 0 atom stereocenters. The van der Waals surface area contributed by atoms with Gasteiger partial charge in [0.15, 0.2) is 5.82 Å². The van der Waals surface area contributed by atoms with Crippen LogP contribution in [0.5, 0.6) is 0 Å². The molecule has 5 heteroatoms. The van der Waals surface area contributed by atoms with Gasteiger partial charge in [-0.05, 0) is 31.7 Å². The summed E-state index contributed by atoms with van der Waals surface area (Å²) in [7, 11) is 1.89. The number of rotatable bonds is 4. The van der Waals surface area contributed by atoms with Crippen LogP contribution in [-0.2, 0) is 0 Å². The standard InChI is InChI=1S/C14H17N5/c1-15-12-8-13(17-14(16-12)10-4-5-10)19-7-6-11(18-19)9-2-3-9/h6-10H,2-5H2,1H3,(H,15,16,17). The van der Waals surface area contributed by atoms with E-state index in [1.807, 2.05) is 24.0 Å². The Morgan fingerprint density at radius 1 is 1.16 bits per heavy atom. The third kappa shape index (κ3) is 2.09. The number of hydrogen-bond donors (Lipinski definition) is 1. The molecule has 5 nitrogen and oxygen atoms in total. The van der Waals surface area contributed by atoms with Gasteiger partial charge in [0, 0.05) is 31.1 Å². The minimum atomic E-state index is 0.547. The lowest BCUT2D eigenvalue weighted by Gasteiger charge is -2.07. The fraction of sp³-hybridized carbons (Fsp3) is 0.500. The predicted molar refractivity (Wildman–Crippen MR) is 72.7 cm³/mol. The third-order valence-corrected chi connectivity index (χ3v) is 3.77. The molecule has 0 amide bonds. The van der Waals surface area contributed by atoms with Crippen molar-refractivity contribution in [3.05, 3.63) is 29.8 Å². The Kier molecular flexibility index (Phi) is 2.33. The Morgan fingerprint density at radius 2 is 1.95 bits per heavy atom. The highest BCUT2D eigenvalue weighted by Gasteiger charge is 2.28. The van der Waals surface area contributed by atoms with Crippen molar-refractivity contribution in [3.8, 4) is 5.82 Å². The van der Waals surface area contributed by atoms with E-state index in [-0.39, 0.29) is 0 Å². The first kappa shape index (κ1) is 11.0. The van der Waals surface area contributed by atoms with Gasteiger partial charge in [0.2, 0.25) is 0 Å². The van der Waals surface area contributed by atoms with E-state index >= 15 is 0 Å². The SMILES string of the molecule is CNc1cc(-n2ccc(C3CC3)n2)nc(C2CC2)n1. The maximum Gasteiger partial charge on any atom is 0.159 e. The lowest BCUT2D eigenvalue weighted by Crippen LogP contribution is -2.06. The molecule has 0 radical (unpaired) electrons. The molecule has 0 unspecified atom stereocenters. The summed E-state index contributed by atoms with van der Waals surface area (Å²) in [5.41, 5.74) is 1.19. The highest BCUT2D eigenvalue weighted by molar-refractivity contribution is 5.41. The molecule has 0 saturated heterocycles. The van der Waals surface area contributed by atoms with Crippen molar-refractivity contribution in [2.45, 2.75) is 37.5 Å². The second-order valence-electron chi connectivity index (χ2n) is 5.45. The zero-order chi connectivity index (χ0) is 12.8. The zero-order valence-electron chi connectivity index (χ0n) is 11.0. The minimum absolute atomic E-state index is 0.547. The van der Waals surface area contributed by atoms with Crippen LogP contribution in [0, 0.1) is 0 Å². The Hall–Kier alpha value is -1.91. The molecule has 19 heavy (non-hydrogen) atoms. The first-order valence-electron chi connectivity index (χ1n) is 6.96. The van der Waals surface area contributed by atoms with Crippen molar-refractivity contribution >= 4 is 5.82 Å². The highest BCUT2D eigenvalue weighted by Crippen LogP contribution is 2.40. The number of aromatic nitrogens is 4. The number of nitrogens with zero attached hydrogens (tertiary/aromatic N) is 4. The minimum Gasteiger partial charge on any atom is -0.373 e. The number of hydrogen-bond acceptors (Lipinski definition) is 4. The van der Waals surface area contributed by atoms with Gasteiger partial charge in [0.1, 0.15) is 11.6 Å². The first-order chi connectivity index (χ1) is 9.33. The summed E-state index contributed by atoms with van der Waals surface area (Å²) in [5, 5.41) is 7.75. The summed E-state index contributed by atoms with van der Waals surface area (Å²) in [6.45, 7) is 0. The summed E-state index contributed by atoms with van der Waals surface area (Å²) in [4.78, 5) is 9.19. The molecular formula is C14H17N5. The van der Waals surface area contributed by atoms with E-state index in [0.29, 0.717) is 11.8 Å². The molecule has 0 aliphatic heterocycles. The average molecular weight is 255 g/mol. The van der Waals surface area contributed by atoms with Gasteiger partial charge < -0.3 is 5.32 Å². The summed E-state index contributed by atoms with van der Waals surface area (Å²) in [6.07, 6.45) is 6.97. The molecule has 2 aliphatic carbocycles. The van der Waals surface area contributed by atoms with E-state index in [0.717, 1.165) is 17.5 Å². The normalized spacial score (nSPS) is 18.6. The Bertz CT molecular complexity index is 610. The van der Waals surface area contributed by atoms with Crippen molar-refractivity contribution in [1.29, 1.82) is 0 Å². The highest BCUT2D eigenvalue weighted by atomic mass is 15.3. The molecule has 4 rings (SSSR count). The van der Waals surface area contributed by atoms with Crippen LogP contribution in [0.4, 0.5) is 5.82 Å². The molecule has 0 bridgehead atoms. The topological polar surface area (TPSA) is 55.6 Å². The van der Waals surface area contributed by atoms with E-state index in [9.17, 15) is 0 Å². The molecule has 2 saturated carbocycles. The quantitative estimate of drug-likeness (QED) is 0.911. The van der Waals surface area contributed by atoms with Gasteiger partial charge in [0.05, 0.1) is 5.69 Å². The molecule has 0 aromatic carbocycles. The lowest BCUT2D eigenvalue weighted by molar-refractivity contribution is 0.789. The van der Waals surface area contributed by atoms with Crippen molar-refractivity contribution in [3.63, 3.8) is 0 Å². The molecular weight excluding hydrogens is 238 g/mol. The van der Waals surface area contributed by atoms with Gasteiger partial charge >= 0.3 is 0 Å². The van der Waals surface area contributed by atoms with Crippen LogP contribution in [-0.4, -0.2) is 26.8 Å². The summed E-state index contributed by atoms with van der Waals surface area (Å²) < 4.78 is 1.88. The zero-order valence-corrected chi connectivity index (χ0v) is 11.0. The van der Waals surface area contributed by atoms with Crippen molar-refractivity contribution < 1.29 is 0 Å². The van der Waals surface area contributed by atoms with E-state index in [4.69, 9.17) is 0 Å². The van der Waals surface area contributed by atoms with Gasteiger partial charge in [-0.15, -0.1) is 0 Å². The summed E-state index contributed by atoms with van der Waals surface area (Å²) >= 11 is 0. The van der Waals surface area contributed by atoms with Crippen molar-refractivity contribution in [1.82, 2.24) is 19.7 Å². The van der Waals surface area contributed by atoms with Crippen LogP contribution in [0.15, 0.2) is 18.3 Å². The van der Waals surface area contributed by atoms with Crippen LogP contribution in [0.1, 0.15) is 49.0 Å².